The summed E-state index contributed by atoms with van der Waals surface area (Å²) in [6.45, 7) is 0.358. The second kappa shape index (κ2) is 9.09. The Hall–Kier alpha value is -0.0166. The van der Waals surface area contributed by atoms with E-state index in [0.717, 1.165) is 11.1 Å². The molecule has 0 fully saturated rings. The molecule has 0 amide bonds. The van der Waals surface area contributed by atoms with E-state index in [1.165, 1.54) is 11.4 Å². The molecule has 0 radical (unpaired) electrons. The first-order valence-electron chi connectivity index (χ1n) is 5.85. The molecule has 0 aliphatic heterocycles. The van der Waals surface area contributed by atoms with Gasteiger partial charge in [0.05, 0.1) is 6.61 Å². The third kappa shape index (κ3) is 6.62. The zero-order valence-corrected chi connectivity index (χ0v) is 16.5. The van der Waals surface area contributed by atoms with E-state index < -0.39 is 5.69 Å². The van der Waals surface area contributed by atoms with Gasteiger partial charge in [-0.25, -0.2) is 0 Å². The largest absolute Gasteiger partial charge is 0.337 e. The third-order valence-electron chi connectivity index (χ3n) is 2.47. The molecule has 2 rings (SSSR count). The molecule has 6 heteroatoms. The van der Waals surface area contributed by atoms with Gasteiger partial charge in [-0.1, -0.05) is 72.0 Å². The normalized spacial score (nSPS) is 13.2. The van der Waals surface area contributed by atoms with Crippen molar-refractivity contribution in [1.82, 2.24) is 0 Å². The Morgan fingerprint density at radius 3 is 2.00 bits per heavy atom. The summed E-state index contributed by atoms with van der Waals surface area (Å²) in [5.74, 6) is 0.670. The van der Waals surface area contributed by atoms with Crippen LogP contribution in [0.3, 0.4) is 0 Å². The van der Waals surface area contributed by atoms with Gasteiger partial charge in [0.25, 0.3) is 0 Å². The Morgan fingerprint density at radius 2 is 1.45 bits per heavy atom. The second-order valence-corrected chi connectivity index (χ2v) is 10.2. The van der Waals surface area contributed by atoms with Crippen LogP contribution in [-0.2, 0) is 48.2 Å². The topological polar surface area (TPSA) is 29.5 Å². The Morgan fingerprint density at radius 1 is 0.950 bits per heavy atom. The molecule has 2 aromatic carbocycles. The SMILES string of the molecule is OP(=S)(OCc1ccccc1)SCc1ccccc1.[Zn]. The number of hydrogen-bond acceptors (Lipinski definition) is 3. The second-order valence-electron chi connectivity index (χ2n) is 3.99. The third-order valence-corrected chi connectivity index (χ3v) is 6.67. The maximum atomic E-state index is 10.1. The number of hydrogen-bond donors (Lipinski definition) is 1. The molecule has 1 N–H and O–H groups in total. The number of rotatable bonds is 6. The minimum absolute atomic E-state index is 0. The standard InChI is InChI=1S/C14H15O2PS2.Zn/c15-17(18,16-11-13-7-3-1-4-8-13)19-12-14-9-5-2-6-10-14;/h1-10H,11-12H2,(H,15,18);. The first kappa shape index (κ1) is 18.0. The molecular weight excluding hydrogens is 361 g/mol. The van der Waals surface area contributed by atoms with Crippen molar-refractivity contribution in [3.05, 3.63) is 71.8 Å². The van der Waals surface area contributed by atoms with E-state index in [-0.39, 0.29) is 19.5 Å². The quantitative estimate of drug-likeness (QED) is 0.600. The van der Waals surface area contributed by atoms with Gasteiger partial charge in [0.1, 0.15) is 0 Å². The fourth-order valence-corrected chi connectivity index (χ4v) is 4.34. The van der Waals surface area contributed by atoms with Crippen molar-refractivity contribution in [2.45, 2.75) is 12.4 Å². The molecule has 2 aromatic rings. The predicted octanol–water partition coefficient (Wildman–Crippen LogP) is 4.35. The predicted molar refractivity (Wildman–Crippen MR) is 85.5 cm³/mol. The molecule has 0 saturated heterocycles. The summed E-state index contributed by atoms with van der Waals surface area (Å²) in [6, 6.07) is 19.7. The average molecular weight is 376 g/mol. The summed E-state index contributed by atoms with van der Waals surface area (Å²) in [4.78, 5) is 10.1. The molecule has 102 valence electrons. The van der Waals surface area contributed by atoms with E-state index in [4.69, 9.17) is 16.3 Å². The molecule has 0 spiro atoms. The summed E-state index contributed by atoms with van der Waals surface area (Å²) in [5, 5.41) is 0. The van der Waals surface area contributed by atoms with Crippen LogP contribution >= 0.6 is 17.1 Å². The van der Waals surface area contributed by atoms with E-state index in [0.29, 0.717) is 12.4 Å². The van der Waals surface area contributed by atoms with Crippen molar-refractivity contribution >= 4 is 28.9 Å². The minimum atomic E-state index is -2.77. The molecule has 2 nitrogen and oxygen atoms in total. The molecule has 0 bridgehead atoms. The summed E-state index contributed by atoms with van der Waals surface area (Å²) in [5.41, 5.74) is -0.616. The van der Waals surface area contributed by atoms with E-state index in [1.807, 2.05) is 60.7 Å². The summed E-state index contributed by atoms with van der Waals surface area (Å²) < 4.78 is 5.48. The van der Waals surface area contributed by atoms with Crippen LogP contribution in [0.15, 0.2) is 60.7 Å². The zero-order chi connectivity index (χ0) is 13.6. The van der Waals surface area contributed by atoms with E-state index >= 15 is 0 Å². The van der Waals surface area contributed by atoms with E-state index in [2.05, 4.69) is 0 Å². The fourth-order valence-electron chi connectivity index (χ4n) is 1.50. The van der Waals surface area contributed by atoms with Crippen LogP contribution < -0.4 is 0 Å². The van der Waals surface area contributed by atoms with Gasteiger partial charge >= 0.3 is 0 Å². The summed E-state index contributed by atoms with van der Waals surface area (Å²) >= 11 is 6.46. The van der Waals surface area contributed by atoms with Gasteiger partial charge in [0.2, 0.25) is 5.69 Å². The zero-order valence-electron chi connectivity index (χ0n) is 11.0. The molecule has 0 aliphatic rings. The molecule has 1 atom stereocenters. The van der Waals surface area contributed by atoms with Crippen LogP contribution in [-0.4, -0.2) is 4.89 Å². The Labute approximate surface area is 141 Å². The Kier molecular flexibility index (Phi) is 8.20. The van der Waals surface area contributed by atoms with Gasteiger partial charge < -0.3 is 9.42 Å². The van der Waals surface area contributed by atoms with Crippen LogP contribution in [0.2, 0.25) is 0 Å². The van der Waals surface area contributed by atoms with Gasteiger partial charge in [0.15, 0.2) is 0 Å². The average Bonchev–Trinajstić information content (AvgIpc) is 2.46. The van der Waals surface area contributed by atoms with Crippen LogP contribution in [0.4, 0.5) is 0 Å². The van der Waals surface area contributed by atoms with Crippen LogP contribution in [0.1, 0.15) is 11.1 Å². The summed E-state index contributed by atoms with van der Waals surface area (Å²) in [7, 11) is 0. The smallest absolute Gasteiger partial charge is 0.245 e. The number of benzene rings is 2. The van der Waals surface area contributed by atoms with Gasteiger partial charge in [-0.3, -0.25) is 0 Å². The van der Waals surface area contributed by atoms with Crippen molar-refractivity contribution in [3.8, 4) is 0 Å². The van der Waals surface area contributed by atoms with E-state index in [1.54, 1.807) is 0 Å². The Bertz CT molecular complexity index is 504. The van der Waals surface area contributed by atoms with Crippen molar-refractivity contribution < 1.29 is 28.9 Å². The van der Waals surface area contributed by atoms with Gasteiger partial charge in [0, 0.05) is 25.2 Å². The van der Waals surface area contributed by atoms with Crippen molar-refractivity contribution in [2.75, 3.05) is 0 Å². The van der Waals surface area contributed by atoms with Crippen LogP contribution in [0.5, 0.6) is 0 Å². The van der Waals surface area contributed by atoms with Crippen LogP contribution in [0, 0.1) is 0 Å². The van der Waals surface area contributed by atoms with Crippen molar-refractivity contribution in [1.29, 1.82) is 0 Å². The van der Waals surface area contributed by atoms with Crippen molar-refractivity contribution in [2.24, 2.45) is 0 Å². The molecule has 1 unspecified atom stereocenters. The molecule has 0 saturated carbocycles. The fraction of sp³-hybridized carbons (Fsp3) is 0.143. The van der Waals surface area contributed by atoms with E-state index in [9.17, 15) is 4.89 Å². The van der Waals surface area contributed by atoms with Gasteiger partial charge in [-0.15, -0.1) is 0 Å². The first-order valence-corrected chi connectivity index (χ1v) is 10.1. The molecular formula is C14H15O2PS2Zn. The first-order chi connectivity index (χ1) is 9.16. The molecule has 20 heavy (non-hydrogen) atoms. The van der Waals surface area contributed by atoms with Gasteiger partial charge in [-0.2, -0.15) is 0 Å². The Balaban J connectivity index is 0.00000200. The maximum absolute atomic E-state index is 10.1. The molecule has 0 heterocycles. The molecule has 0 aliphatic carbocycles. The minimum Gasteiger partial charge on any atom is -0.337 e. The van der Waals surface area contributed by atoms with Crippen molar-refractivity contribution in [3.63, 3.8) is 0 Å². The monoisotopic (exact) mass is 374 g/mol. The van der Waals surface area contributed by atoms with Crippen LogP contribution in [0.25, 0.3) is 0 Å². The summed E-state index contributed by atoms with van der Waals surface area (Å²) in [6.07, 6.45) is 0. The maximum Gasteiger partial charge on any atom is 0.245 e. The molecule has 0 aromatic heterocycles. The van der Waals surface area contributed by atoms with Gasteiger partial charge in [-0.05, 0) is 22.9 Å².